The number of rotatable bonds is 6. The number of carbonyl (C=O) groups excluding carboxylic acids is 2. The Balaban J connectivity index is 1.58. The molecule has 0 unspecified atom stereocenters. The van der Waals surface area contributed by atoms with E-state index in [0.717, 1.165) is 4.90 Å². The molecule has 2 heterocycles. The number of carbonyl (C=O) groups is 2. The van der Waals surface area contributed by atoms with Crippen LogP contribution in [0.3, 0.4) is 0 Å². The minimum atomic E-state index is -3.01. The lowest BCUT2D eigenvalue weighted by atomic mass is 9.99. The third kappa shape index (κ3) is 6.61. The Morgan fingerprint density at radius 3 is 1.67 bits per heavy atom. The molecule has 43 heavy (non-hydrogen) atoms. The van der Waals surface area contributed by atoms with Gasteiger partial charge in [0, 0.05) is 15.0 Å². The van der Waals surface area contributed by atoms with Crippen molar-refractivity contribution in [2.75, 3.05) is 6.61 Å². The molecule has 5 atom stereocenters. The zero-order valence-corrected chi connectivity index (χ0v) is 27.3. The molecule has 3 aromatic carbocycles. The maximum atomic E-state index is 13.6. The zero-order chi connectivity index (χ0) is 30.8. The van der Waals surface area contributed by atoms with Crippen LogP contribution in [0.25, 0.3) is 0 Å². The fourth-order valence-corrected chi connectivity index (χ4v) is 12.1. The predicted octanol–water partition coefficient (Wildman–Crippen LogP) is 7.41. The normalized spacial score (nSPS) is 25.3. The first kappa shape index (κ1) is 31.5. The summed E-state index contributed by atoms with van der Waals surface area (Å²) < 4.78 is 33.0. The number of esters is 2. The molecule has 0 aromatic heterocycles. The number of fused-ring (bicyclic) bond motifs is 1. The van der Waals surface area contributed by atoms with Gasteiger partial charge in [-0.3, -0.25) is 0 Å². The van der Waals surface area contributed by atoms with Crippen LogP contribution >= 0.6 is 11.8 Å². The molecular formula is C34H40O7SSi. The van der Waals surface area contributed by atoms with Crippen LogP contribution in [0.5, 0.6) is 0 Å². The lowest BCUT2D eigenvalue weighted by Gasteiger charge is -2.57. The van der Waals surface area contributed by atoms with E-state index in [1.54, 1.807) is 48.5 Å². The first-order chi connectivity index (χ1) is 20.4. The van der Waals surface area contributed by atoms with E-state index in [9.17, 15) is 9.59 Å². The number of benzene rings is 3. The SMILES string of the molecule is CC(C)(C)[Si]1(C(C)(C)C)OC[C@H]2O[C@@H](Sc3ccccc3)[C@H](OC(=O)c3ccccc3)[C@@H](OC(=O)c3ccccc3)[C@H]2O1. The lowest BCUT2D eigenvalue weighted by molar-refractivity contribution is -0.223. The van der Waals surface area contributed by atoms with Gasteiger partial charge in [0.05, 0.1) is 17.7 Å². The predicted molar refractivity (Wildman–Crippen MR) is 168 cm³/mol. The van der Waals surface area contributed by atoms with E-state index in [-0.39, 0.29) is 16.7 Å². The van der Waals surface area contributed by atoms with E-state index in [0.29, 0.717) is 11.1 Å². The first-order valence-electron chi connectivity index (χ1n) is 14.6. The molecule has 228 valence electrons. The Hall–Kier alpha value is -2.95. The van der Waals surface area contributed by atoms with Gasteiger partial charge in [-0.05, 0) is 36.4 Å². The minimum Gasteiger partial charge on any atom is -0.452 e. The van der Waals surface area contributed by atoms with Gasteiger partial charge in [0.25, 0.3) is 0 Å². The van der Waals surface area contributed by atoms with Crippen molar-refractivity contribution < 1.29 is 32.7 Å². The van der Waals surface area contributed by atoms with Gasteiger partial charge >= 0.3 is 20.5 Å². The Bertz CT molecular complexity index is 1370. The summed E-state index contributed by atoms with van der Waals surface area (Å²) in [6, 6.07) is 27.3. The average Bonchev–Trinajstić information content (AvgIpc) is 2.98. The fourth-order valence-electron chi connectivity index (χ4n) is 6.01. The van der Waals surface area contributed by atoms with E-state index < -0.39 is 50.4 Å². The van der Waals surface area contributed by atoms with Gasteiger partial charge < -0.3 is 23.1 Å². The standard InChI is InChI=1S/C34H40O7SSi/c1-33(2,3)43(34(4,5)6)37-22-26-27(41-43)28(39-30(35)23-16-10-7-11-17-23)29(40-31(36)24-18-12-8-13-19-24)32(38-26)42-25-20-14-9-15-21-25/h7-21,26-29,32H,22H2,1-6H3/t26-,27+,28+,29-,32+/m1/s1. The zero-order valence-electron chi connectivity index (χ0n) is 25.5. The largest absolute Gasteiger partial charge is 0.452 e. The van der Waals surface area contributed by atoms with Gasteiger partial charge in [0.15, 0.2) is 12.2 Å². The van der Waals surface area contributed by atoms with Crippen molar-refractivity contribution in [3.05, 3.63) is 102 Å². The molecule has 3 aromatic rings. The maximum absolute atomic E-state index is 13.6. The van der Waals surface area contributed by atoms with Gasteiger partial charge in [-0.15, -0.1) is 0 Å². The third-order valence-corrected chi connectivity index (χ3v) is 14.1. The Morgan fingerprint density at radius 1 is 0.721 bits per heavy atom. The first-order valence-corrected chi connectivity index (χ1v) is 17.3. The van der Waals surface area contributed by atoms with Crippen molar-refractivity contribution in [2.45, 2.75) is 86.4 Å². The lowest BCUT2D eigenvalue weighted by Crippen LogP contribution is -2.71. The average molecular weight is 621 g/mol. The number of hydrogen-bond donors (Lipinski definition) is 0. The van der Waals surface area contributed by atoms with Gasteiger partial charge in [-0.1, -0.05) is 108 Å². The molecule has 7 nitrogen and oxygen atoms in total. The van der Waals surface area contributed by atoms with Gasteiger partial charge in [-0.2, -0.15) is 0 Å². The van der Waals surface area contributed by atoms with Crippen molar-refractivity contribution in [1.29, 1.82) is 0 Å². The number of thioether (sulfide) groups is 1. The topological polar surface area (TPSA) is 80.3 Å². The summed E-state index contributed by atoms with van der Waals surface area (Å²) in [5, 5.41) is -0.647. The molecule has 0 saturated carbocycles. The summed E-state index contributed by atoms with van der Waals surface area (Å²) in [5.41, 5.74) is 0.0888. The molecule has 2 aliphatic heterocycles. The summed E-state index contributed by atoms with van der Waals surface area (Å²) in [5.74, 6) is -1.06. The van der Waals surface area contributed by atoms with Gasteiger partial charge in [0.1, 0.15) is 17.6 Å². The second-order valence-corrected chi connectivity index (χ2v) is 18.9. The second-order valence-electron chi connectivity index (χ2n) is 13.0. The summed E-state index contributed by atoms with van der Waals surface area (Å²) in [6.45, 7) is 13.0. The van der Waals surface area contributed by atoms with E-state index in [4.69, 9.17) is 23.1 Å². The summed E-state index contributed by atoms with van der Waals surface area (Å²) in [7, 11) is -3.01. The molecule has 0 spiro atoms. The van der Waals surface area contributed by atoms with Crippen molar-refractivity contribution in [3.8, 4) is 0 Å². The summed E-state index contributed by atoms with van der Waals surface area (Å²) in [4.78, 5) is 28.1. The molecule has 2 fully saturated rings. The van der Waals surface area contributed by atoms with E-state index in [1.165, 1.54) is 11.8 Å². The van der Waals surface area contributed by atoms with E-state index >= 15 is 0 Å². The highest BCUT2D eigenvalue weighted by Crippen LogP contribution is 2.55. The quantitative estimate of drug-likeness (QED) is 0.208. The third-order valence-electron chi connectivity index (χ3n) is 7.82. The highest BCUT2D eigenvalue weighted by atomic mass is 32.2. The molecule has 0 amide bonds. The van der Waals surface area contributed by atoms with Crippen molar-refractivity contribution >= 4 is 32.3 Å². The molecule has 0 N–H and O–H groups in total. The highest BCUT2D eigenvalue weighted by molar-refractivity contribution is 7.99. The van der Waals surface area contributed by atoms with Crippen LogP contribution in [0.15, 0.2) is 95.9 Å². The van der Waals surface area contributed by atoms with Crippen LogP contribution < -0.4 is 0 Å². The molecule has 0 aliphatic carbocycles. The fraction of sp³-hybridized carbons (Fsp3) is 0.412. The molecule has 5 rings (SSSR count). The van der Waals surface area contributed by atoms with Crippen LogP contribution in [0.4, 0.5) is 0 Å². The van der Waals surface area contributed by atoms with Gasteiger partial charge in [0.2, 0.25) is 0 Å². The van der Waals surface area contributed by atoms with Crippen molar-refractivity contribution in [1.82, 2.24) is 0 Å². The van der Waals surface area contributed by atoms with Crippen LogP contribution in [-0.4, -0.2) is 57.0 Å². The summed E-state index contributed by atoms with van der Waals surface area (Å²) >= 11 is 1.41. The molecule has 9 heteroatoms. The van der Waals surface area contributed by atoms with Gasteiger partial charge in [-0.25, -0.2) is 9.59 Å². The molecule has 2 saturated heterocycles. The molecular weight excluding hydrogens is 581 g/mol. The molecule has 0 bridgehead atoms. The van der Waals surface area contributed by atoms with Crippen LogP contribution in [0, 0.1) is 0 Å². The van der Waals surface area contributed by atoms with Crippen LogP contribution in [0.1, 0.15) is 62.3 Å². The Labute approximate surface area is 259 Å². The smallest absolute Gasteiger partial charge is 0.349 e. The second kappa shape index (κ2) is 12.6. The van der Waals surface area contributed by atoms with Crippen LogP contribution in [-0.2, 0) is 23.1 Å². The minimum absolute atomic E-state index is 0.274. The van der Waals surface area contributed by atoms with Crippen molar-refractivity contribution in [3.63, 3.8) is 0 Å². The number of ether oxygens (including phenoxy) is 3. The van der Waals surface area contributed by atoms with E-state index in [1.807, 2.05) is 42.5 Å². The van der Waals surface area contributed by atoms with Crippen LogP contribution in [0.2, 0.25) is 10.1 Å². The van der Waals surface area contributed by atoms with Crippen molar-refractivity contribution in [2.24, 2.45) is 0 Å². The maximum Gasteiger partial charge on any atom is 0.349 e. The Kier molecular flexibility index (Phi) is 9.20. The summed E-state index contributed by atoms with van der Waals surface area (Å²) in [6.07, 6.45) is -3.20. The number of hydrogen-bond acceptors (Lipinski definition) is 8. The Morgan fingerprint density at radius 2 is 1.19 bits per heavy atom. The molecule has 0 radical (unpaired) electrons. The highest BCUT2D eigenvalue weighted by Gasteiger charge is 2.65. The molecule has 2 aliphatic rings. The monoisotopic (exact) mass is 620 g/mol. The van der Waals surface area contributed by atoms with E-state index in [2.05, 4.69) is 41.5 Å².